The second-order valence-electron chi connectivity index (χ2n) is 13.1. The summed E-state index contributed by atoms with van der Waals surface area (Å²) in [7, 11) is 0. The molecule has 0 atom stereocenters. The van der Waals surface area contributed by atoms with Crippen LogP contribution in [0.15, 0.2) is 95.9 Å². The standard InChI is InChI=1S/C42H13N7O6S4/c43-12-18-6-22-23(7-19(18)13-44)35(51)30(34(22)50)47-28-10-26-38(58-28)32-40(56-26)41-33(49(32)42(54)55-16-17-4-2-1-3-5-17)39-27(57-41)11-29(59-39)48-31-36(52)24-8-20(14-45)21(15-46)9-25(24)37(31)53/h1-11H,16H2. The van der Waals surface area contributed by atoms with E-state index in [0.29, 0.717) is 30.4 Å². The van der Waals surface area contributed by atoms with Crippen molar-refractivity contribution in [2.45, 2.75) is 6.61 Å². The van der Waals surface area contributed by atoms with Crippen LogP contribution in [0.2, 0.25) is 0 Å². The first kappa shape index (κ1) is 35.6. The number of ether oxygens (including phenoxy) is 1. The lowest BCUT2D eigenvalue weighted by Gasteiger charge is -2.07. The van der Waals surface area contributed by atoms with Gasteiger partial charge in [0, 0.05) is 21.5 Å². The molecule has 59 heavy (non-hydrogen) atoms. The third-order valence-electron chi connectivity index (χ3n) is 9.78. The topological polar surface area (TPSA) is 219 Å². The minimum atomic E-state index is -0.674. The molecule has 10 rings (SSSR count). The van der Waals surface area contributed by atoms with E-state index in [1.165, 1.54) is 74.2 Å². The fraction of sp³-hybridized carbons (Fsp3) is 0.0238. The Labute approximate surface area is 342 Å². The number of rotatable bonds is 4. The molecule has 13 nitrogen and oxygen atoms in total. The van der Waals surface area contributed by atoms with Crippen molar-refractivity contribution in [1.29, 1.82) is 21.0 Å². The molecule has 0 saturated heterocycles. The average molecular weight is 840 g/mol. The van der Waals surface area contributed by atoms with Crippen LogP contribution < -0.4 is 32.4 Å². The summed E-state index contributed by atoms with van der Waals surface area (Å²) in [5.41, 5.74) is -0.916. The van der Waals surface area contributed by atoms with Crippen molar-refractivity contribution in [3.05, 3.63) is 146 Å². The summed E-state index contributed by atoms with van der Waals surface area (Å²) in [6, 6.07) is 25.1. The van der Waals surface area contributed by atoms with Crippen molar-refractivity contribution >= 4 is 122 Å². The fourth-order valence-corrected chi connectivity index (χ4v) is 12.2. The number of aromatic nitrogens is 1. The molecular weight excluding hydrogens is 827 g/mol. The van der Waals surface area contributed by atoms with Crippen LogP contribution in [0.5, 0.6) is 0 Å². The van der Waals surface area contributed by atoms with Gasteiger partial charge in [-0.2, -0.15) is 21.0 Å². The summed E-state index contributed by atoms with van der Waals surface area (Å²) in [5.74, 6) is 0. The van der Waals surface area contributed by atoms with Crippen LogP contribution >= 0.6 is 45.3 Å². The maximum Gasteiger partial charge on any atom is 0.419 e. The van der Waals surface area contributed by atoms with Gasteiger partial charge >= 0.3 is 6.09 Å². The molecule has 5 heterocycles. The van der Waals surface area contributed by atoms with Gasteiger partial charge in [-0.05, 0) is 42.0 Å². The average Bonchev–Trinajstić information content (AvgIpc) is 4.11. The molecule has 0 bridgehead atoms. The van der Waals surface area contributed by atoms with Gasteiger partial charge in [-0.15, -0.1) is 45.3 Å². The van der Waals surface area contributed by atoms with Gasteiger partial charge in [0.15, 0.2) is 10.7 Å². The zero-order valence-electron chi connectivity index (χ0n) is 29.3. The molecule has 5 aromatic heterocycles. The van der Waals surface area contributed by atoms with Crippen molar-refractivity contribution in [2.75, 3.05) is 0 Å². The number of hydrogen-bond acceptors (Lipinski definition) is 16. The van der Waals surface area contributed by atoms with Crippen molar-refractivity contribution in [3.63, 3.8) is 0 Å². The molecule has 0 aliphatic carbocycles. The number of fused-ring (bicyclic) bond motifs is 9. The van der Waals surface area contributed by atoms with E-state index in [4.69, 9.17) is 4.74 Å². The van der Waals surface area contributed by atoms with E-state index >= 15 is 0 Å². The first-order chi connectivity index (χ1) is 28.6. The van der Waals surface area contributed by atoms with E-state index in [-0.39, 0.29) is 61.1 Å². The Morgan fingerprint density at radius 3 is 1.32 bits per heavy atom. The lowest BCUT2D eigenvalue weighted by Crippen LogP contribution is -2.31. The highest BCUT2D eigenvalue weighted by Crippen LogP contribution is 2.52. The van der Waals surface area contributed by atoms with Crippen LogP contribution in [0.25, 0.3) is 60.8 Å². The Balaban J connectivity index is 1.16. The molecule has 0 amide bonds. The zero-order chi connectivity index (χ0) is 40.9. The predicted molar refractivity (Wildman–Crippen MR) is 225 cm³/mol. The zero-order valence-corrected chi connectivity index (χ0v) is 32.5. The van der Waals surface area contributed by atoms with Crippen molar-refractivity contribution in [1.82, 2.24) is 4.57 Å². The SMILES string of the molecule is N#Cc1cc2c(=O)c(=Nc3cc4sc5c6sc7cc(N=c8c(=O)c9cc(C#N)c(C#N)cc9c8=O)sc7c6n(C(=O)OCc6ccccc6)c5c4s3)c(=O)c2cc1C#N. The van der Waals surface area contributed by atoms with Gasteiger partial charge in [-0.1, -0.05) is 30.3 Å². The van der Waals surface area contributed by atoms with Gasteiger partial charge in [-0.3, -0.25) is 19.2 Å². The molecule has 0 aliphatic rings. The minimum absolute atomic E-state index is 0.00252. The number of carbonyl (C=O) groups excluding carboxylic acids is 1. The van der Waals surface area contributed by atoms with Crippen LogP contribution in [0, 0.1) is 45.3 Å². The summed E-state index contributed by atoms with van der Waals surface area (Å²) in [4.78, 5) is 76.6. The molecule has 0 spiro atoms. The Morgan fingerprint density at radius 1 is 0.559 bits per heavy atom. The summed E-state index contributed by atoms with van der Waals surface area (Å²) in [6.45, 7) is -0.0221. The van der Waals surface area contributed by atoms with Crippen molar-refractivity contribution < 1.29 is 9.53 Å². The Morgan fingerprint density at radius 2 is 0.949 bits per heavy atom. The summed E-state index contributed by atoms with van der Waals surface area (Å²) >= 11 is 5.13. The Hall–Kier alpha value is -7.77. The monoisotopic (exact) mass is 839 g/mol. The van der Waals surface area contributed by atoms with Crippen LogP contribution in [0.1, 0.15) is 27.8 Å². The van der Waals surface area contributed by atoms with Gasteiger partial charge in [0.1, 0.15) is 40.9 Å². The van der Waals surface area contributed by atoms with Crippen molar-refractivity contribution in [2.24, 2.45) is 9.98 Å². The molecule has 0 saturated carbocycles. The minimum Gasteiger partial charge on any atom is -0.444 e. The molecule has 276 valence electrons. The quantitative estimate of drug-likeness (QED) is 0.177. The maximum atomic E-state index is 14.2. The van der Waals surface area contributed by atoms with E-state index in [9.17, 15) is 45.0 Å². The van der Waals surface area contributed by atoms with E-state index in [1.807, 2.05) is 54.6 Å². The lowest BCUT2D eigenvalue weighted by molar-refractivity contribution is 0.143. The Bertz CT molecular complexity index is 3710. The van der Waals surface area contributed by atoms with Crippen LogP contribution in [0.3, 0.4) is 0 Å². The molecule has 0 N–H and O–H groups in total. The third kappa shape index (κ3) is 5.25. The van der Waals surface area contributed by atoms with Crippen LogP contribution in [0.4, 0.5) is 14.8 Å². The number of hydrogen-bond donors (Lipinski definition) is 0. The molecule has 0 aliphatic heterocycles. The molecule has 5 aromatic carbocycles. The number of benzene rings is 3. The van der Waals surface area contributed by atoms with Gasteiger partial charge in [0.25, 0.3) is 0 Å². The summed E-state index contributed by atoms with van der Waals surface area (Å²) in [6.07, 6.45) is -0.674. The lowest BCUT2D eigenvalue weighted by atomic mass is 10.1. The second kappa shape index (κ2) is 13.1. The van der Waals surface area contributed by atoms with Crippen molar-refractivity contribution in [3.8, 4) is 24.3 Å². The highest BCUT2D eigenvalue weighted by Gasteiger charge is 2.28. The number of nitriles is 4. The molecule has 0 fully saturated rings. The van der Waals surface area contributed by atoms with Gasteiger partial charge in [-0.25, -0.2) is 19.3 Å². The number of thiophene rings is 4. The van der Waals surface area contributed by atoms with Gasteiger partial charge < -0.3 is 4.74 Å². The third-order valence-corrected chi connectivity index (χ3v) is 14.5. The van der Waals surface area contributed by atoms with E-state index in [1.54, 1.807) is 12.1 Å². The highest BCUT2D eigenvalue weighted by atomic mass is 32.1. The van der Waals surface area contributed by atoms with Crippen LogP contribution in [-0.4, -0.2) is 10.7 Å². The molecule has 17 heteroatoms. The van der Waals surface area contributed by atoms with E-state index in [0.717, 1.165) is 24.4 Å². The predicted octanol–water partition coefficient (Wildman–Crippen LogP) is 6.98. The number of nitrogens with zero attached hydrogens (tertiary/aromatic N) is 7. The second-order valence-corrected chi connectivity index (χ2v) is 17.2. The summed E-state index contributed by atoms with van der Waals surface area (Å²) in [5, 5.41) is 37.8. The van der Waals surface area contributed by atoms with Gasteiger partial charge in [0.2, 0.25) is 21.7 Å². The first-order valence-electron chi connectivity index (χ1n) is 17.1. The normalized spacial score (nSPS) is 11.4. The van der Waals surface area contributed by atoms with Crippen LogP contribution in [-0.2, 0) is 11.3 Å². The molecule has 0 radical (unpaired) electrons. The highest BCUT2D eigenvalue weighted by molar-refractivity contribution is 7.39. The Kier molecular flexibility index (Phi) is 7.94. The number of carbonyl (C=O) groups is 1. The van der Waals surface area contributed by atoms with Gasteiger partial charge in [0.05, 0.1) is 61.5 Å². The largest absolute Gasteiger partial charge is 0.444 e. The molecule has 10 aromatic rings. The first-order valence-corrected chi connectivity index (χ1v) is 20.4. The fourth-order valence-electron chi connectivity index (χ4n) is 7.09. The van der Waals surface area contributed by atoms with E-state index in [2.05, 4.69) is 9.98 Å². The maximum absolute atomic E-state index is 14.2. The smallest absolute Gasteiger partial charge is 0.419 e. The molecular formula is C42H13N7O6S4. The molecule has 0 unspecified atom stereocenters. The van der Waals surface area contributed by atoms with E-state index < -0.39 is 27.8 Å². The summed E-state index contributed by atoms with van der Waals surface area (Å²) < 4.78 is 11.7.